The molecule has 1 aromatic carbocycles. The summed E-state index contributed by atoms with van der Waals surface area (Å²) in [5.74, 6) is 0. The van der Waals surface area contributed by atoms with Crippen LogP contribution in [0.25, 0.3) is 10.4 Å². The predicted octanol–water partition coefficient (Wildman–Crippen LogP) is 3.34. The summed E-state index contributed by atoms with van der Waals surface area (Å²) in [4.78, 5) is 2.80. The summed E-state index contributed by atoms with van der Waals surface area (Å²) in [6.07, 6.45) is -0.684. The summed E-state index contributed by atoms with van der Waals surface area (Å²) in [6, 6.07) is 3.56. The molecule has 2 atom stereocenters. The van der Waals surface area contributed by atoms with Gasteiger partial charge >= 0.3 is 0 Å². The van der Waals surface area contributed by atoms with Crippen LogP contribution in [0, 0.1) is 20.8 Å². The molecule has 0 aliphatic carbocycles. The monoisotopic (exact) mass is 219 g/mol. The summed E-state index contributed by atoms with van der Waals surface area (Å²) in [6.45, 7) is 7.60. The van der Waals surface area contributed by atoms with Crippen LogP contribution in [0.1, 0.15) is 35.2 Å². The highest BCUT2D eigenvalue weighted by atomic mass is 16.3. The Bertz CT molecular complexity index is 411. The summed E-state index contributed by atoms with van der Waals surface area (Å²) < 4.78 is 0. The standard InChI is InChI=1S/C12H17N3O/c1-7-5-8(2)11(9(3)6-7)12(10(4)16)14-15-13/h5-6,10,12,16H,1-4H3/t10-,12-/m0/s1. The van der Waals surface area contributed by atoms with Crippen LogP contribution in [0.15, 0.2) is 17.2 Å². The van der Waals surface area contributed by atoms with Crippen LogP contribution in [0.3, 0.4) is 0 Å². The molecule has 4 nitrogen and oxygen atoms in total. The Kier molecular flexibility index (Phi) is 3.93. The molecule has 0 aromatic heterocycles. The van der Waals surface area contributed by atoms with Crippen molar-refractivity contribution < 1.29 is 5.11 Å². The highest BCUT2D eigenvalue weighted by molar-refractivity contribution is 5.40. The highest BCUT2D eigenvalue weighted by Gasteiger charge is 2.19. The minimum atomic E-state index is -0.684. The minimum absolute atomic E-state index is 0.509. The largest absolute Gasteiger partial charge is 0.393 e. The van der Waals surface area contributed by atoms with Crippen LogP contribution in [0.2, 0.25) is 0 Å². The van der Waals surface area contributed by atoms with Gasteiger partial charge in [0.2, 0.25) is 0 Å². The molecule has 0 saturated heterocycles. The Morgan fingerprint density at radius 2 is 1.75 bits per heavy atom. The third-order valence-corrected chi connectivity index (χ3v) is 2.67. The number of aryl methyl sites for hydroxylation is 3. The summed E-state index contributed by atoms with van der Waals surface area (Å²) in [5, 5.41) is 13.3. The van der Waals surface area contributed by atoms with E-state index in [9.17, 15) is 5.11 Å². The van der Waals surface area contributed by atoms with Gasteiger partial charge in [-0.15, -0.1) is 0 Å². The van der Waals surface area contributed by atoms with Crippen molar-refractivity contribution in [1.82, 2.24) is 0 Å². The van der Waals surface area contributed by atoms with Crippen LogP contribution in [-0.4, -0.2) is 11.2 Å². The molecule has 0 spiro atoms. The smallest absolute Gasteiger partial charge is 0.0887 e. The van der Waals surface area contributed by atoms with Crippen LogP contribution < -0.4 is 0 Å². The Hall–Kier alpha value is -1.51. The number of benzene rings is 1. The van der Waals surface area contributed by atoms with Crippen molar-refractivity contribution in [1.29, 1.82) is 0 Å². The maximum Gasteiger partial charge on any atom is 0.0887 e. The quantitative estimate of drug-likeness (QED) is 0.472. The Labute approximate surface area is 95.5 Å². The van der Waals surface area contributed by atoms with E-state index >= 15 is 0 Å². The van der Waals surface area contributed by atoms with E-state index in [-0.39, 0.29) is 0 Å². The fourth-order valence-electron chi connectivity index (χ4n) is 2.11. The third kappa shape index (κ3) is 2.54. The summed E-state index contributed by atoms with van der Waals surface area (Å²) in [7, 11) is 0. The topological polar surface area (TPSA) is 69.0 Å². The normalized spacial score (nSPS) is 14.1. The molecule has 1 rings (SSSR count). The molecule has 0 saturated carbocycles. The minimum Gasteiger partial charge on any atom is -0.393 e. The summed E-state index contributed by atoms with van der Waals surface area (Å²) in [5.41, 5.74) is 12.7. The molecular weight excluding hydrogens is 202 g/mol. The fraction of sp³-hybridized carbons (Fsp3) is 0.500. The van der Waals surface area contributed by atoms with E-state index in [0.717, 1.165) is 16.7 Å². The van der Waals surface area contributed by atoms with Crippen LogP contribution >= 0.6 is 0 Å². The molecule has 1 N–H and O–H groups in total. The van der Waals surface area contributed by atoms with Crippen LogP contribution in [0.4, 0.5) is 0 Å². The van der Waals surface area contributed by atoms with Crippen LogP contribution in [0.5, 0.6) is 0 Å². The van der Waals surface area contributed by atoms with Crippen molar-refractivity contribution in [2.45, 2.75) is 39.8 Å². The van der Waals surface area contributed by atoms with Crippen LogP contribution in [-0.2, 0) is 0 Å². The SMILES string of the molecule is Cc1cc(C)c([C@@H](N=[N+]=[N-])[C@H](C)O)c(C)c1. The van der Waals surface area contributed by atoms with Gasteiger partial charge < -0.3 is 5.11 Å². The van der Waals surface area contributed by atoms with Gasteiger partial charge in [-0.25, -0.2) is 0 Å². The number of hydrogen-bond donors (Lipinski definition) is 1. The van der Waals surface area contributed by atoms with Gasteiger partial charge in [-0.3, -0.25) is 0 Å². The number of aliphatic hydroxyl groups is 1. The zero-order valence-corrected chi connectivity index (χ0v) is 10.1. The van der Waals surface area contributed by atoms with Gasteiger partial charge in [0.1, 0.15) is 0 Å². The van der Waals surface area contributed by atoms with E-state index in [2.05, 4.69) is 10.0 Å². The third-order valence-electron chi connectivity index (χ3n) is 2.67. The lowest BCUT2D eigenvalue weighted by Crippen LogP contribution is -2.14. The van der Waals surface area contributed by atoms with E-state index in [0.29, 0.717) is 0 Å². The second-order valence-electron chi connectivity index (χ2n) is 4.20. The first-order chi connectivity index (χ1) is 7.47. The van der Waals surface area contributed by atoms with Crippen molar-refractivity contribution in [3.8, 4) is 0 Å². The lowest BCUT2D eigenvalue weighted by atomic mass is 9.92. The average Bonchev–Trinajstić information content (AvgIpc) is 2.14. The highest BCUT2D eigenvalue weighted by Crippen LogP contribution is 2.29. The first-order valence-corrected chi connectivity index (χ1v) is 5.27. The van der Waals surface area contributed by atoms with Gasteiger partial charge in [0.15, 0.2) is 0 Å². The van der Waals surface area contributed by atoms with E-state index in [1.54, 1.807) is 6.92 Å². The lowest BCUT2D eigenvalue weighted by Gasteiger charge is -2.20. The second kappa shape index (κ2) is 5.01. The molecular formula is C12H17N3O. The van der Waals surface area contributed by atoms with E-state index in [4.69, 9.17) is 5.53 Å². The molecule has 0 radical (unpaired) electrons. The number of aliphatic hydroxyl groups excluding tert-OH is 1. The van der Waals surface area contributed by atoms with E-state index < -0.39 is 12.1 Å². The molecule has 4 heteroatoms. The van der Waals surface area contributed by atoms with Crippen molar-refractivity contribution in [3.05, 3.63) is 44.8 Å². The number of rotatable bonds is 3. The zero-order chi connectivity index (χ0) is 12.3. The Balaban J connectivity index is 3.34. The van der Waals surface area contributed by atoms with Crippen molar-refractivity contribution in [2.75, 3.05) is 0 Å². The lowest BCUT2D eigenvalue weighted by molar-refractivity contribution is 0.164. The molecule has 0 unspecified atom stereocenters. The molecule has 0 heterocycles. The van der Waals surface area contributed by atoms with Gasteiger partial charge in [0.25, 0.3) is 0 Å². The second-order valence-corrected chi connectivity index (χ2v) is 4.20. The molecule has 0 fully saturated rings. The van der Waals surface area contributed by atoms with Gasteiger partial charge in [-0.1, -0.05) is 22.8 Å². The first kappa shape index (κ1) is 12.6. The Morgan fingerprint density at radius 1 is 1.25 bits per heavy atom. The molecule has 16 heavy (non-hydrogen) atoms. The maximum atomic E-state index is 9.65. The Morgan fingerprint density at radius 3 is 2.12 bits per heavy atom. The van der Waals surface area contributed by atoms with E-state index in [1.165, 1.54) is 5.56 Å². The first-order valence-electron chi connectivity index (χ1n) is 5.27. The average molecular weight is 219 g/mol. The summed E-state index contributed by atoms with van der Waals surface area (Å²) >= 11 is 0. The van der Waals surface area contributed by atoms with Crippen molar-refractivity contribution in [3.63, 3.8) is 0 Å². The number of azide groups is 1. The van der Waals surface area contributed by atoms with Gasteiger partial charge in [0.05, 0.1) is 12.1 Å². The number of hydrogen-bond acceptors (Lipinski definition) is 2. The molecule has 0 aliphatic heterocycles. The van der Waals surface area contributed by atoms with Gasteiger partial charge in [0, 0.05) is 4.91 Å². The zero-order valence-electron chi connectivity index (χ0n) is 10.1. The van der Waals surface area contributed by atoms with E-state index in [1.807, 2.05) is 32.9 Å². The number of nitrogens with zero attached hydrogens (tertiary/aromatic N) is 3. The fourth-order valence-corrected chi connectivity index (χ4v) is 2.11. The van der Waals surface area contributed by atoms with Crippen molar-refractivity contribution in [2.24, 2.45) is 5.11 Å². The molecule has 1 aromatic rings. The maximum absolute atomic E-state index is 9.65. The predicted molar refractivity (Wildman–Crippen MR) is 64.2 cm³/mol. The van der Waals surface area contributed by atoms with Gasteiger partial charge in [-0.2, -0.15) is 0 Å². The molecule has 86 valence electrons. The van der Waals surface area contributed by atoms with Gasteiger partial charge in [-0.05, 0) is 49.9 Å². The molecule has 0 amide bonds. The molecule has 0 aliphatic rings. The molecule has 0 bridgehead atoms. The van der Waals surface area contributed by atoms with Crippen molar-refractivity contribution >= 4 is 0 Å².